The molecule has 33 heavy (non-hydrogen) atoms. The minimum atomic E-state index is -0.109. The summed E-state index contributed by atoms with van der Waals surface area (Å²) in [5.74, 6) is 1.32. The van der Waals surface area contributed by atoms with Crippen LogP contribution >= 0.6 is 0 Å². The Kier molecular flexibility index (Phi) is 5.56. The molecule has 0 unspecified atom stereocenters. The van der Waals surface area contributed by atoms with E-state index >= 15 is 0 Å². The zero-order valence-electron chi connectivity index (χ0n) is 18.2. The van der Waals surface area contributed by atoms with Crippen molar-refractivity contribution in [1.29, 1.82) is 0 Å². The van der Waals surface area contributed by atoms with Crippen molar-refractivity contribution in [2.24, 2.45) is 0 Å². The molecule has 5 aromatic rings. The highest BCUT2D eigenvalue weighted by molar-refractivity contribution is 5.84. The van der Waals surface area contributed by atoms with Crippen molar-refractivity contribution in [3.05, 3.63) is 125 Å². The maximum atomic E-state index is 13.6. The van der Waals surface area contributed by atoms with Crippen LogP contribution < -0.4 is 10.3 Å². The number of benzene rings is 4. The van der Waals surface area contributed by atoms with E-state index in [0.29, 0.717) is 16.7 Å². The zero-order valence-corrected chi connectivity index (χ0v) is 18.2. The Morgan fingerprint density at radius 2 is 1.45 bits per heavy atom. The van der Waals surface area contributed by atoms with Crippen LogP contribution in [0.1, 0.15) is 11.1 Å². The summed E-state index contributed by atoms with van der Waals surface area (Å²) in [5, 5.41) is 0.578. The van der Waals surface area contributed by atoms with Gasteiger partial charge in [-0.3, -0.25) is 9.36 Å². The van der Waals surface area contributed by atoms with Gasteiger partial charge in [0.1, 0.15) is 11.6 Å². The summed E-state index contributed by atoms with van der Waals surface area (Å²) in [6, 6.07) is 33.0. The van der Waals surface area contributed by atoms with E-state index in [1.807, 2.05) is 91.0 Å². The van der Waals surface area contributed by atoms with Crippen LogP contribution in [0.4, 0.5) is 0 Å². The van der Waals surface area contributed by atoms with E-state index in [1.165, 1.54) is 0 Å². The van der Waals surface area contributed by atoms with Crippen LogP contribution in [0.15, 0.2) is 108 Å². The summed E-state index contributed by atoms with van der Waals surface area (Å²) in [5.41, 5.74) is 4.25. The molecule has 4 heteroatoms. The van der Waals surface area contributed by atoms with Crippen LogP contribution in [-0.4, -0.2) is 16.7 Å². The van der Waals surface area contributed by atoms with Crippen LogP contribution in [-0.2, 0) is 0 Å². The lowest BCUT2D eigenvalue weighted by atomic mass is 10.0. The van der Waals surface area contributed by atoms with Gasteiger partial charge in [-0.1, -0.05) is 78.9 Å². The number of methoxy groups -OCH3 is 1. The van der Waals surface area contributed by atoms with Gasteiger partial charge in [-0.2, -0.15) is 0 Å². The Morgan fingerprint density at radius 3 is 2.24 bits per heavy atom. The number of nitrogens with zero attached hydrogens (tertiary/aromatic N) is 2. The molecule has 160 valence electrons. The molecule has 0 amide bonds. The van der Waals surface area contributed by atoms with Gasteiger partial charge < -0.3 is 4.74 Å². The first kappa shape index (κ1) is 20.5. The maximum Gasteiger partial charge on any atom is 0.266 e. The molecule has 1 aromatic heterocycles. The number of fused-ring (bicyclic) bond motifs is 1. The van der Waals surface area contributed by atoms with Crippen molar-refractivity contribution in [2.45, 2.75) is 0 Å². The van der Waals surface area contributed by atoms with Crippen LogP contribution in [0.2, 0.25) is 0 Å². The summed E-state index contributed by atoms with van der Waals surface area (Å²) < 4.78 is 6.98. The quantitative estimate of drug-likeness (QED) is 0.310. The third-order valence-electron chi connectivity index (χ3n) is 5.56. The van der Waals surface area contributed by atoms with Crippen molar-refractivity contribution in [3.63, 3.8) is 0 Å². The van der Waals surface area contributed by atoms with Crippen molar-refractivity contribution in [2.75, 3.05) is 7.11 Å². The monoisotopic (exact) mass is 430 g/mol. The van der Waals surface area contributed by atoms with E-state index in [0.717, 1.165) is 28.1 Å². The van der Waals surface area contributed by atoms with Crippen molar-refractivity contribution in [3.8, 4) is 22.8 Å². The Morgan fingerprint density at radius 1 is 0.758 bits per heavy atom. The molecular formula is C29H22N2O2. The average molecular weight is 431 g/mol. The van der Waals surface area contributed by atoms with Gasteiger partial charge in [-0.05, 0) is 47.5 Å². The number of hydrogen-bond donors (Lipinski definition) is 0. The second kappa shape index (κ2) is 8.97. The smallest absolute Gasteiger partial charge is 0.266 e. The third-order valence-corrected chi connectivity index (χ3v) is 5.56. The molecule has 0 spiro atoms. The predicted molar refractivity (Wildman–Crippen MR) is 135 cm³/mol. The first-order valence-corrected chi connectivity index (χ1v) is 10.7. The molecule has 5 rings (SSSR count). The summed E-state index contributed by atoms with van der Waals surface area (Å²) in [7, 11) is 1.62. The molecule has 0 aliphatic heterocycles. The molecule has 1 heterocycles. The van der Waals surface area contributed by atoms with Crippen molar-refractivity contribution in [1.82, 2.24) is 9.55 Å². The van der Waals surface area contributed by atoms with Gasteiger partial charge in [0, 0.05) is 5.56 Å². The molecule has 4 nitrogen and oxygen atoms in total. The molecule has 0 fully saturated rings. The van der Waals surface area contributed by atoms with E-state index < -0.39 is 0 Å². The van der Waals surface area contributed by atoms with Gasteiger partial charge in [0.2, 0.25) is 0 Å². The maximum absolute atomic E-state index is 13.6. The topological polar surface area (TPSA) is 44.1 Å². The second-order valence-electron chi connectivity index (χ2n) is 7.62. The van der Waals surface area contributed by atoms with Crippen LogP contribution in [0.3, 0.4) is 0 Å². The van der Waals surface area contributed by atoms with Gasteiger partial charge in [0.05, 0.1) is 23.7 Å². The first-order chi connectivity index (χ1) is 16.2. The van der Waals surface area contributed by atoms with Crippen LogP contribution in [0, 0.1) is 0 Å². The third kappa shape index (κ3) is 4.06. The van der Waals surface area contributed by atoms with E-state index in [9.17, 15) is 4.79 Å². The molecule has 0 saturated carbocycles. The van der Waals surface area contributed by atoms with E-state index in [4.69, 9.17) is 9.72 Å². The molecule has 0 radical (unpaired) electrons. The number of hydrogen-bond acceptors (Lipinski definition) is 3. The molecule has 0 N–H and O–H groups in total. The average Bonchev–Trinajstić information content (AvgIpc) is 2.88. The highest BCUT2D eigenvalue weighted by Gasteiger charge is 2.16. The molecule has 0 atom stereocenters. The summed E-state index contributed by atoms with van der Waals surface area (Å²) in [6.45, 7) is 0. The molecule has 0 aliphatic rings. The zero-order chi connectivity index (χ0) is 22.6. The Labute approximate surface area is 192 Å². The number of ether oxygens (including phenoxy) is 1. The minimum Gasteiger partial charge on any atom is -0.497 e. The highest BCUT2D eigenvalue weighted by Crippen LogP contribution is 2.27. The number of rotatable bonds is 5. The van der Waals surface area contributed by atoms with Crippen LogP contribution in [0.5, 0.6) is 5.75 Å². The SMILES string of the molecule is COc1ccc(-n2c(-c3ccccc3/C=C/c3ccccc3)nc3ccccc3c2=O)cc1. The lowest BCUT2D eigenvalue weighted by molar-refractivity contribution is 0.414. The highest BCUT2D eigenvalue weighted by atomic mass is 16.5. The largest absolute Gasteiger partial charge is 0.497 e. The van der Waals surface area contributed by atoms with Gasteiger partial charge in [-0.15, -0.1) is 0 Å². The van der Waals surface area contributed by atoms with Gasteiger partial charge in [0.15, 0.2) is 0 Å². The van der Waals surface area contributed by atoms with Crippen molar-refractivity contribution < 1.29 is 4.74 Å². The fourth-order valence-corrected chi connectivity index (χ4v) is 3.88. The molecule has 0 aliphatic carbocycles. The molecule has 0 bridgehead atoms. The van der Waals surface area contributed by atoms with Gasteiger partial charge in [-0.25, -0.2) is 4.98 Å². The standard InChI is InChI=1S/C29H22N2O2/c1-33-24-19-17-23(18-20-24)31-28(30-27-14-8-7-13-26(27)29(31)32)25-12-6-5-11-22(25)16-15-21-9-3-2-4-10-21/h2-20H,1H3/b16-15+. The summed E-state index contributed by atoms with van der Waals surface area (Å²) in [4.78, 5) is 18.6. The van der Waals surface area contributed by atoms with Crippen molar-refractivity contribution >= 4 is 23.1 Å². The number of para-hydroxylation sites is 1. The predicted octanol–water partition coefficient (Wildman–Crippen LogP) is 6.23. The Bertz CT molecular complexity index is 1500. The lowest BCUT2D eigenvalue weighted by Gasteiger charge is -2.16. The van der Waals surface area contributed by atoms with E-state index in [-0.39, 0.29) is 5.56 Å². The summed E-state index contributed by atoms with van der Waals surface area (Å²) >= 11 is 0. The van der Waals surface area contributed by atoms with E-state index in [2.05, 4.69) is 24.3 Å². The Hall–Kier alpha value is -4.44. The fraction of sp³-hybridized carbons (Fsp3) is 0.0345. The lowest BCUT2D eigenvalue weighted by Crippen LogP contribution is -2.22. The molecular weight excluding hydrogens is 408 g/mol. The van der Waals surface area contributed by atoms with E-state index in [1.54, 1.807) is 11.7 Å². The normalized spacial score (nSPS) is 11.2. The summed E-state index contributed by atoms with van der Waals surface area (Å²) in [6.07, 6.45) is 4.13. The van der Waals surface area contributed by atoms with Gasteiger partial charge in [0.25, 0.3) is 5.56 Å². The Balaban J connectivity index is 1.75. The van der Waals surface area contributed by atoms with Crippen LogP contribution in [0.25, 0.3) is 40.1 Å². The molecule has 4 aromatic carbocycles. The number of aromatic nitrogens is 2. The van der Waals surface area contributed by atoms with Gasteiger partial charge >= 0.3 is 0 Å². The minimum absolute atomic E-state index is 0.109. The molecule has 0 saturated heterocycles. The fourth-order valence-electron chi connectivity index (χ4n) is 3.88. The second-order valence-corrected chi connectivity index (χ2v) is 7.62. The first-order valence-electron chi connectivity index (χ1n) is 10.7.